The third-order valence-electron chi connectivity index (χ3n) is 3.85. The van der Waals surface area contributed by atoms with E-state index in [9.17, 15) is 0 Å². The summed E-state index contributed by atoms with van der Waals surface area (Å²) in [7, 11) is 1.65. The van der Waals surface area contributed by atoms with Gasteiger partial charge in [0, 0.05) is 6.04 Å². The van der Waals surface area contributed by atoms with Gasteiger partial charge in [0.1, 0.15) is 0 Å². The Morgan fingerprint density at radius 2 is 2.17 bits per heavy atom. The first-order valence-corrected chi connectivity index (χ1v) is 7.59. The quantitative estimate of drug-likeness (QED) is 0.859. The molecule has 1 atom stereocenters. The van der Waals surface area contributed by atoms with Crippen LogP contribution < -0.4 is 15.8 Å². The molecule has 0 radical (unpaired) electrons. The predicted molar refractivity (Wildman–Crippen MR) is 77.4 cm³/mol. The smallest absolute Gasteiger partial charge is 0.197 e. The highest BCUT2D eigenvalue weighted by Crippen LogP contribution is 2.37. The van der Waals surface area contributed by atoms with E-state index in [2.05, 4.69) is 16.6 Å². The van der Waals surface area contributed by atoms with Crippen LogP contribution in [0.4, 0.5) is 10.8 Å². The molecule has 0 amide bonds. The van der Waals surface area contributed by atoms with E-state index in [1.807, 2.05) is 0 Å². The van der Waals surface area contributed by atoms with Gasteiger partial charge in [-0.1, -0.05) is 26.2 Å². The van der Waals surface area contributed by atoms with Crippen molar-refractivity contribution in [2.75, 3.05) is 18.2 Å². The van der Waals surface area contributed by atoms with Crippen molar-refractivity contribution in [1.82, 2.24) is 4.37 Å². The Morgan fingerprint density at radius 1 is 1.44 bits per heavy atom. The molecular formula is C13H23N3OS. The molecule has 1 aliphatic rings. The number of hydrogen-bond acceptors (Lipinski definition) is 5. The van der Waals surface area contributed by atoms with Gasteiger partial charge in [-0.15, -0.1) is 0 Å². The van der Waals surface area contributed by atoms with Gasteiger partial charge in [0.05, 0.1) is 7.11 Å². The fourth-order valence-corrected chi connectivity index (χ4v) is 3.59. The van der Waals surface area contributed by atoms with Gasteiger partial charge in [-0.2, -0.15) is 4.37 Å². The van der Waals surface area contributed by atoms with Gasteiger partial charge >= 0.3 is 0 Å². The van der Waals surface area contributed by atoms with E-state index in [0.29, 0.717) is 17.6 Å². The van der Waals surface area contributed by atoms with Gasteiger partial charge in [-0.3, -0.25) is 0 Å². The molecule has 1 fully saturated rings. The van der Waals surface area contributed by atoms with Gasteiger partial charge in [-0.05, 0) is 36.7 Å². The van der Waals surface area contributed by atoms with E-state index < -0.39 is 0 Å². The molecule has 0 spiro atoms. The highest BCUT2D eigenvalue weighted by Gasteiger charge is 2.24. The number of nitrogens with two attached hydrogens (primary N) is 1. The van der Waals surface area contributed by atoms with Crippen LogP contribution in [-0.4, -0.2) is 17.5 Å². The number of nitrogens with one attached hydrogen (secondary N) is 1. The fourth-order valence-electron chi connectivity index (χ4n) is 2.84. The molecule has 2 rings (SSSR count). The van der Waals surface area contributed by atoms with Crippen molar-refractivity contribution in [1.29, 1.82) is 0 Å². The van der Waals surface area contributed by atoms with E-state index in [-0.39, 0.29) is 0 Å². The maximum Gasteiger partial charge on any atom is 0.197 e. The molecule has 0 saturated heterocycles. The molecular weight excluding hydrogens is 246 g/mol. The minimum atomic E-state index is 0.489. The summed E-state index contributed by atoms with van der Waals surface area (Å²) in [4.78, 5) is 0. The average Bonchev–Trinajstić information content (AvgIpc) is 2.77. The lowest BCUT2D eigenvalue weighted by Gasteiger charge is -2.30. The summed E-state index contributed by atoms with van der Waals surface area (Å²) >= 11 is 1.40. The van der Waals surface area contributed by atoms with E-state index in [1.165, 1.54) is 43.6 Å². The molecule has 0 bridgehead atoms. The number of aromatic nitrogens is 1. The molecule has 1 unspecified atom stereocenters. The third kappa shape index (κ3) is 2.88. The van der Waals surface area contributed by atoms with Crippen LogP contribution in [0.3, 0.4) is 0 Å². The summed E-state index contributed by atoms with van der Waals surface area (Å²) < 4.78 is 9.46. The van der Waals surface area contributed by atoms with Crippen molar-refractivity contribution < 1.29 is 4.74 Å². The Bertz CT molecular complexity index is 374. The van der Waals surface area contributed by atoms with E-state index in [0.717, 1.165) is 17.3 Å². The van der Waals surface area contributed by atoms with Gasteiger partial charge < -0.3 is 15.8 Å². The zero-order valence-electron chi connectivity index (χ0n) is 11.2. The van der Waals surface area contributed by atoms with Gasteiger partial charge in [0.2, 0.25) is 0 Å². The first kappa shape index (κ1) is 13.5. The van der Waals surface area contributed by atoms with Crippen LogP contribution in [0.1, 0.15) is 45.4 Å². The summed E-state index contributed by atoms with van der Waals surface area (Å²) in [6.07, 6.45) is 7.93. The van der Waals surface area contributed by atoms with Crippen molar-refractivity contribution in [3.05, 3.63) is 0 Å². The molecule has 1 aromatic rings. The minimum absolute atomic E-state index is 0.489. The first-order chi connectivity index (χ1) is 8.76. The van der Waals surface area contributed by atoms with E-state index >= 15 is 0 Å². The van der Waals surface area contributed by atoms with Crippen LogP contribution in [0.15, 0.2) is 0 Å². The molecule has 18 heavy (non-hydrogen) atoms. The van der Waals surface area contributed by atoms with Crippen LogP contribution in [-0.2, 0) is 0 Å². The Hall–Kier alpha value is -0.970. The molecule has 3 N–H and O–H groups in total. The minimum Gasteiger partial charge on any atom is -0.490 e. The standard InChI is InChI=1S/C13H23N3OS/c1-3-10(9-7-5-4-6-8-9)15-13-11(17-2)12(14)16-18-13/h9-10,15H,3-8H2,1-2H3,(H2,14,16). The number of methoxy groups -OCH3 is 1. The highest BCUT2D eigenvalue weighted by molar-refractivity contribution is 7.11. The van der Waals surface area contributed by atoms with Crippen LogP contribution in [0.5, 0.6) is 5.75 Å². The Balaban J connectivity index is 2.04. The molecule has 5 heteroatoms. The number of ether oxygens (including phenoxy) is 1. The predicted octanol–water partition coefficient (Wildman–Crippen LogP) is 3.50. The lowest BCUT2D eigenvalue weighted by Crippen LogP contribution is -2.29. The van der Waals surface area contributed by atoms with Crippen molar-refractivity contribution in [2.45, 2.75) is 51.5 Å². The second kappa shape index (κ2) is 6.27. The summed E-state index contributed by atoms with van der Waals surface area (Å²) in [5.74, 6) is 1.97. The van der Waals surface area contributed by atoms with E-state index in [4.69, 9.17) is 10.5 Å². The fraction of sp³-hybridized carbons (Fsp3) is 0.769. The molecule has 102 valence electrons. The summed E-state index contributed by atoms with van der Waals surface area (Å²) in [5, 5.41) is 4.57. The number of rotatable bonds is 5. The van der Waals surface area contributed by atoms with Gasteiger partial charge in [-0.25, -0.2) is 0 Å². The molecule has 1 aliphatic carbocycles. The normalized spacial score (nSPS) is 18.6. The monoisotopic (exact) mass is 269 g/mol. The SMILES string of the molecule is CCC(Nc1snc(N)c1OC)C1CCCCC1. The van der Waals surface area contributed by atoms with E-state index in [1.54, 1.807) is 7.11 Å². The molecule has 1 saturated carbocycles. The second-order valence-electron chi connectivity index (χ2n) is 4.99. The number of anilines is 2. The Kier molecular flexibility index (Phi) is 4.69. The zero-order valence-corrected chi connectivity index (χ0v) is 12.1. The summed E-state index contributed by atoms with van der Waals surface area (Å²) in [5.41, 5.74) is 5.78. The third-order valence-corrected chi connectivity index (χ3v) is 4.63. The van der Waals surface area contributed by atoms with Crippen LogP contribution in [0.2, 0.25) is 0 Å². The molecule has 1 heterocycles. The molecule has 4 nitrogen and oxygen atoms in total. The van der Waals surface area contributed by atoms with Crippen LogP contribution >= 0.6 is 11.5 Å². The van der Waals surface area contributed by atoms with Crippen molar-refractivity contribution in [2.24, 2.45) is 5.92 Å². The Labute approximate surface area is 113 Å². The van der Waals surface area contributed by atoms with Gasteiger partial charge in [0.15, 0.2) is 16.6 Å². The molecule has 0 aromatic carbocycles. The summed E-state index contributed by atoms with van der Waals surface area (Å²) in [6.45, 7) is 2.24. The first-order valence-electron chi connectivity index (χ1n) is 6.82. The topological polar surface area (TPSA) is 60.2 Å². The molecule has 1 aromatic heterocycles. The average molecular weight is 269 g/mol. The van der Waals surface area contributed by atoms with Crippen molar-refractivity contribution in [3.63, 3.8) is 0 Å². The maximum atomic E-state index is 5.78. The van der Waals surface area contributed by atoms with Crippen molar-refractivity contribution in [3.8, 4) is 5.75 Å². The largest absolute Gasteiger partial charge is 0.490 e. The number of nitrogen functional groups attached to an aromatic ring is 1. The lowest BCUT2D eigenvalue weighted by molar-refractivity contribution is 0.312. The number of nitrogens with zero attached hydrogens (tertiary/aromatic N) is 1. The number of hydrogen-bond donors (Lipinski definition) is 2. The highest BCUT2D eigenvalue weighted by atomic mass is 32.1. The van der Waals surface area contributed by atoms with Gasteiger partial charge in [0.25, 0.3) is 0 Å². The Morgan fingerprint density at radius 3 is 2.78 bits per heavy atom. The molecule has 0 aliphatic heterocycles. The maximum absolute atomic E-state index is 5.78. The zero-order chi connectivity index (χ0) is 13.0. The second-order valence-corrected chi connectivity index (χ2v) is 5.76. The van der Waals surface area contributed by atoms with Crippen LogP contribution in [0, 0.1) is 5.92 Å². The van der Waals surface area contributed by atoms with Crippen molar-refractivity contribution >= 4 is 22.4 Å². The summed E-state index contributed by atoms with van der Waals surface area (Å²) in [6, 6.07) is 0.513. The lowest BCUT2D eigenvalue weighted by atomic mass is 9.83. The van der Waals surface area contributed by atoms with Crippen LogP contribution in [0.25, 0.3) is 0 Å².